The van der Waals surface area contributed by atoms with Crippen LogP contribution in [0.4, 0.5) is 0 Å². The summed E-state index contributed by atoms with van der Waals surface area (Å²) in [6.07, 6.45) is 0.590. The van der Waals surface area contributed by atoms with Crippen molar-refractivity contribution in [2.24, 2.45) is 0 Å². The van der Waals surface area contributed by atoms with E-state index in [1.807, 2.05) is 54.3 Å². The van der Waals surface area contributed by atoms with Crippen LogP contribution in [0.1, 0.15) is 55.0 Å². The highest BCUT2D eigenvalue weighted by molar-refractivity contribution is 6.31. The molecule has 0 bridgehead atoms. The van der Waals surface area contributed by atoms with Crippen molar-refractivity contribution < 1.29 is 14.4 Å². The number of carbonyl (C=O) groups excluding carboxylic acids is 3. The predicted molar refractivity (Wildman–Crippen MR) is 122 cm³/mol. The van der Waals surface area contributed by atoms with Crippen molar-refractivity contribution in [3.63, 3.8) is 0 Å². The van der Waals surface area contributed by atoms with Crippen molar-refractivity contribution >= 4 is 40.2 Å². The van der Waals surface area contributed by atoms with E-state index in [-0.39, 0.29) is 55.5 Å². The molecule has 0 saturated carbocycles. The molecule has 5 rings (SSSR count). The Kier molecular flexibility index (Phi) is 5.25. The lowest BCUT2D eigenvalue weighted by Gasteiger charge is -2.39. The number of hydrogen-bond donors (Lipinski definition) is 1. The highest BCUT2D eigenvalue weighted by Gasteiger charge is 2.38. The van der Waals surface area contributed by atoms with Crippen LogP contribution in [0.5, 0.6) is 0 Å². The molecule has 3 amide bonds. The lowest BCUT2D eigenvalue weighted by Crippen LogP contribution is -2.43. The van der Waals surface area contributed by atoms with Crippen molar-refractivity contribution in [3.05, 3.63) is 70.4 Å². The zero-order valence-corrected chi connectivity index (χ0v) is 18.6. The standard InChI is InChI=1S/C25H24ClN3O3/c1-15-25-24(17-7-3-5-9-20(17)27-25)18(16-6-2-4-8-19(16)26)14-29(15)23(32)12-13-28-21(30)10-11-22(28)31/h2-9,15,18,27H,10-14H2,1H3. The van der Waals surface area contributed by atoms with Crippen LogP contribution in [-0.2, 0) is 14.4 Å². The summed E-state index contributed by atoms with van der Waals surface area (Å²) in [6, 6.07) is 15.8. The number of nitrogens with zero attached hydrogens (tertiary/aromatic N) is 2. The van der Waals surface area contributed by atoms with Gasteiger partial charge in [-0.05, 0) is 30.2 Å². The smallest absolute Gasteiger partial charge is 0.229 e. The summed E-state index contributed by atoms with van der Waals surface area (Å²) in [6.45, 7) is 2.64. The van der Waals surface area contributed by atoms with Gasteiger partial charge in [0.05, 0.1) is 6.04 Å². The van der Waals surface area contributed by atoms with Gasteiger partial charge >= 0.3 is 0 Å². The number of fused-ring (bicyclic) bond motifs is 3. The molecule has 1 saturated heterocycles. The third-order valence-electron chi connectivity index (χ3n) is 6.69. The summed E-state index contributed by atoms with van der Waals surface area (Å²) in [5.41, 5.74) is 4.19. The number of hydrogen-bond acceptors (Lipinski definition) is 3. The van der Waals surface area contributed by atoms with E-state index in [1.54, 1.807) is 0 Å². The Labute approximate surface area is 191 Å². The van der Waals surface area contributed by atoms with E-state index in [4.69, 9.17) is 11.6 Å². The fourth-order valence-corrected chi connectivity index (χ4v) is 5.31. The number of carbonyl (C=O) groups is 3. The Bertz CT molecular complexity index is 1220. The minimum Gasteiger partial charge on any atom is -0.356 e. The topological polar surface area (TPSA) is 73.5 Å². The van der Waals surface area contributed by atoms with E-state index in [0.717, 1.165) is 22.2 Å². The maximum absolute atomic E-state index is 13.3. The van der Waals surface area contributed by atoms with Crippen molar-refractivity contribution in [2.75, 3.05) is 13.1 Å². The molecule has 0 aliphatic carbocycles. The fourth-order valence-electron chi connectivity index (χ4n) is 5.04. The van der Waals surface area contributed by atoms with Crippen LogP contribution in [0.15, 0.2) is 48.5 Å². The summed E-state index contributed by atoms with van der Waals surface area (Å²) >= 11 is 6.59. The molecule has 2 aliphatic heterocycles. The summed E-state index contributed by atoms with van der Waals surface area (Å²) in [5.74, 6) is -0.543. The zero-order valence-electron chi connectivity index (χ0n) is 17.8. The summed E-state index contributed by atoms with van der Waals surface area (Å²) in [5, 5.41) is 1.81. The number of nitrogens with one attached hydrogen (secondary N) is 1. The van der Waals surface area contributed by atoms with Crippen molar-refractivity contribution in [2.45, 2.75) is 38.1 Å². The quantitative estimate of drug-likeness (QED) is 0.600. The third kappa shape index (κ3) is 3.39. The van der Waals surface area contributed by atoms with Crippen molar-refractivity contribution in [1.29, 1.82) is 0 Å². The van der Waals surface area contributed by atoms with Gasteiger partial charge in [0.25, 0.3) is 0 Å². The molecule has 2 aliphatic rings. The van der Waals surface area contributed by atoms with E-state index < -0.39 is 0 Å². The molecule has 2 unspecified atom stereocenters. The largest absolute Gasteiger partial charge is 0.356 e. The molecule has 2 atom stereocenters. The highest BCUT2D eigenvalue weighted by Crippen LogP contribution is 2.44. The van der Waals surface area contributed by atoms with E-state index in [9.17, 15) is 14.4 Å². The fraction of sp³-hybridized carbons (Fsp3) is 0.320. The summed E-state index contributed by atoms with van der Waals surface area (Å²) in [7, 11) is 0. The Morgan fingerprint density at radius 3 is 2.50 bits per heavy atom. The number of halogens is 1. The first-order valence-electron chi connectivity index (χ1n) is 10.9. The molecule has 1 fully saturated rings. The number of H-pyrrole nitrogens is 1. The molecule has 0 spiro atoms. The first-order valence-corrected chi connectivity index (χ1v) is 11.3. The molecule has 1 aromatic heterocycles. The van der Waals surface area contributed by atoms with Crippen molar-refractivity contribution in [1.82, 2.24) is 14.8 Å². The number of para-hydroxylation sites is 1. The molecule has 7 heteroatoms. The molecule has 1 N–H and O–H groups in total. The van der Waals surface area contributed by atoms with Gasteiger partial charge in [-0.15, -0.1) is 0 Å². The second-order valence-electron chi connectivity index (χ2n) is 8.48. The molecule has 0 radical (unpaired) electrons. The monoisotopic (exact) mass is 449 g/mol. The Morgan fingerprint density at radius 2 is 1.75 bits per heavy atom. The van der Waals surface area contributed by atoms with Gasteiger partial charge < -0.3 is 9.88 Å². The van der Waals surface area contributed by atoms with Crippen molar-refractivity contribution in [3.8, 4) is 0 Å². The Balaban J connectivity index is 1.50. The van der Waals surface area contributed by atoms with Gasteiger partial charge in [-0.2, -0.15) is 0 Å². The highest BCUT2D eigenvalue weighted by atomic mass is 35.5. The van der Waals surface area contributed by atoms with Crippen LogP contribution in [0.25, 0.3) is 10.9 Å². The Hall–Kier alpha value is -3.12. The summed E-state index contributed by atoms with van der Waals surface area (Å²) in [4.78, 5) is 43.8. The normalized spacial score (nSPS) is 20.8. The van der Waals surface area contributed by atoms with Crippen LogP contribution >= 0.6 is 11.6 Å². The van der Waals surface area contributed by atoms with E-state index in [0.29, 0.717) is 11.6 Å². The van der Waals surface area contributed by atoms with Gasteiger partial charge in [0, 0.05) is 59.9 Å². The second-order valence-corrected chi connectivity index (χ2v) is 8.89. The van der Waals surface area contributed by atoms with Crippen LogP contribution in [0, 0.1) is 0 Å². The Morgan fingerprint density at radius 1 is 1.06 bits per heavy atom. The van der Waals surface area contributed by atoms with Gasteiger partial charge in [-0.1, -0.05) is 48.0 Å². The first-order chi connectivity index (χ1) is 15.5. The van der Waals surface area contributed by atoms with Gasteiger partial charge in [-0.3, -0.25) is 19.3 Å². The van der Waals surface area contributed by atoms with Crippen LogP contribution < -0.4 is 0 Å². The molecule has 3 heterocycles. The van der Waals surface area contributed by atoms with E-state index in [2.05, 4.69) is 11.1 Å². The molecule has 3 aromatic rings. The molecule has 2 aromatic carbocycles. The number of rotatable bonds is 4. The predicted octanol–water partition coefficient (Wildman–Crippen LogP) is 4.40. The maximum Gasteiger partial charge on any atom is 0.229 e. The number of benzene rings is 2. The first kappa shape index (κ1) is 20.8. The third-order valence-corrected chi connectivity index (χ3v) is 7.04. The summed E-state index contributed by atoms with van der Waals surface area (Å²) < 4.78 is 0. The minimum atomic E-state index is -0.193. The number of aromatic amines is 1. The van der Waals surface area contributed by atoms with Crippen LogP contribution in [0.2, 0.25) is 5.02 Å². The number of likely N-dealkylation sites (tertiary alicyclic amines) is 1. The van der Waals surface area contributed by atoms with E-state index in [1.165, 1.54) is 10.5 Å². The van der Waals surface area contributed by atoms with Crippen LogP contribution in [0.3, 0.4) is 0 Å². The molecular formula is C25H24ClN3O3. The molecular weight excluding hydrogens is 426 g/mol. The van der Waals surface area contributed by atoms with Gasteiger partial charge in [0.2, 0.25) is 17.7 Å². The average Bonchev–Trinajstić information content (AvgIpc) is 3.33. The maximum atomic E-state index is 13.3. The number of imide groups is 1. The lowest BCUT2D eigenvalue weighted by molar-refractivity contribution is -0.140. The zero-order chi connectivity index (χ0) is 22.4. The molecule has 164 valence electrons. The van der Waals surface area contributed by atoms with E-state index >= 15 is 0 Å². The average molecular weight is 450 g/mol. The lowest BCUT2D eigenvalue weighted by atomic mass is 9.83. The van der Waals surface area contributed by atoms with Gasteiger partial charge in [0.15, 0.2) is 0 Å². The number of aromatic nitrogens is 1. The van der Waals surface area contributed by atoms with Gasteiger partial charge in [-0.25, -0.2) is 0 Å². The number of amides is 3. The SMILES string of the molecule is CC1c2[nH]c3ccccc3c2C(c2ccccc2Cl)CN1C(=O)CCN1C(=O)CCC1=O. The molecule has 6 nitrogen and oxygen atoms in total. The second kappa shape index (κ2) is 8.10. The minimum absolute atomic E-state index is 0.0774. The molecule has 32 heavy (non-hydrogen) atoms. The van der Waals surface area contributed by atoms with Gasteiger partial charge in [0.1, 0.15) is 0 Å². The van der Waals surface area contributed by atoms with Crippen LogP contribution in [-0.4, -0.2) is 45.6 Å².